The van der Waals surface area contributed by atoms with E-state index < -0.39 is 0 Å². The van der Waals surface area contributed by atoms with Crippen molar-refractivity contribution in [1.82, 2.24) is 14.8 Å². The maximum atomic E-state index is 11.6. The number of likely N-dealkylation sites (N-methyl/N-ethyl adjacent to an activating group) is 1. The molecule has 2 heterocycles. The normalized spacial score (nSPS) is 14.3. The number of halogens is 1. The Kier molecular flexibility index (Phi) is 8.96. The van der Waals surface area contributed by atoms with E-state index in [1.165, 1.54) is 4.90 Å². The van der Waals surface area contributed by atoms with E-state index in [1.807, 2.05) is 35.8 Å². The van der Waals surface area contributed by atoms with Crippen LogP contribution in [0.3, 0.4) is 0 Å². The summed E-state index contributed by atoms with van der Waals surface area (Å²) < 4.78 is 5.55. The number of carbonyl (C=O) groups excluding carboxylic acids is 1. The molecule has 1 aliphatic rings. The third kappa shape index (κ3) is 6.74. The van der Waals surface area contributed by atoms with Crippen LogP contribution in [0.4, 0.5) is 5.13 Å². The average Bonchev–Trinajstić information content (AvgIpc) is 3.25. The number of hydrogen-bond acceptors (Lipinski definition) is 6. The number of hydrogen-bond donors (Lipinski definition) is 1. The summed E-state index contributed by atoms with van der Waals surface area (Å²) in [5.41, 5.74) is 7.18. The first kappa shape index (κ1) is 23.2. The van der Waals surface area contributed by atoms with Crippen LogP contribution in [0.2, 0.25) is 0 Å². The van der Waals surface area contributed by atoms with Crippen LogP contribution < -0.4 is 15.4 Å². The molecule has 29 heavy (non-hydrogen) atoms. The Hall–Kier alpha value is -2.08. The largest absolute Gasteiger partial charge is 0.484 e. The Morgan fingerprint density at radius 1 is 1.31 bits per heavy atom. The van der Waals surface area contributed by atoms with Crippen LogP contribution in [-0.4, -0.2) is 73.5 Å². The lowest BCUT2D eigenvalue weighted by atomic mass is 10.2. The molecule has 0 unspecified atom stereocenters. The number of amides is 1. The number of nitrogens with zero attached hydrogens (tertiary/aromatic N) is 5. The number of carbonyl (C=O) groups is 1. The Morgan fingerprint density at radius 3 is 2.72 bits per heavy atom. The van der Waals surface area contributed by atoms with Gasteiger partial charge in [0, 0.05) is 51.9 Å². The SMILES string of the molecule is CN(C)C(=O)COc1cccc(CN=C(N)N2CCN(c3nccs3)CC2)c1.I. The van der Waals surface area contributed by atoms with Gasteiger partial charge in [-0.1, -0.05) is 12.1 Å². The van der Waals surface area contributed by atoms with E-state index in [0.29, 0.717) is 18.3 Å². The molecule has 0 spiro atoms. The quantitative estimate of drug-likeness (QED) is 0.349. The van der Waals surface area contributed by atoms with Crippen molar-refractivity contribution in [3.8, 4) is 5.75 Å². The van der Waals surface area contributed by atoms with Gasteiger partial charge in [0.1, 0.15) is 5.75 Å². The van der Waals surface area contributed by atoms with Gasteiger partial charge in [-0.25, -0.2) is 9.98 Å². The van der Waals surface area contributed by atoms with E-state index in [0.717, 1.165) is 36.9 Å². The van der Waals surface area contributed by atoms with Crippen molar-refractivity contribution in [2.75, 3.05) is 51.8 Å². The summed E-state index contributed by atoms with van der Waals surface area (Å²) in [6.07, 6.45) is 1.83. The second-order valence-corrected chi connectivity index (χ2v) is 7.56. The molecular weight excluding hydrogens is 503 g/mol. The van der Waals surface area contributed by atoms with Gasteiger partial charge in [0.15, 0.2) is 17.7 Å². The number of piperazine rings is 1. The molecule has 1 aromatic heterocycles. The summed E-state index contributed by atoms with van der Waals surface area (Å²) in [4.78, 5) is 26.4. The summed E-state index contributed by atoms with van der Waals surface area (Å²) in [5.74, 6) is 1.12. The van der Waals surface area contributed by atoms with Crippen molar-refractivity contribution in [2.24, 2.45) is 10.7 Å². The van der Waals surface area contributed by atoms with E-state index in [9.17, 15) is 4.79 Å². The average molecular weight is 530 g/mol. The van der Waals surface area contributed by atoms with Crippen LogP contribution in [0.1, 0.15) is 5.56 Å². The number of anilines is 1. The molecule has 1 saturated heterocycles. The summed E-state index contributed by atoms with van der Waals surface area (Å²) in [7, 11) is 3.41. The van der Waals surface area contributed by atoms with E-state index in [2.05, 4.69) is 19.8 Å². The summed E-state index contributed by atoms with van der Waals surface area (Å²) in [6, 6.07) is 7.58. The fraction of sp³-hybridized carbons (Fsp3) is 0.421. The van der Waals surface area contributed by atoms with E-state index in [-0.39, 0.29) is 36.5 Å². The van der Waals surface area contributed by atoms with Gasteiger partial charge in [-0.15, -0.1) is 35.3 Å². The molecule has 1 aromatic carbocycles. The van der Waals surface area contributed by atoms with Gasteiger partial charge >= 0.3 is 0 Å². The van der Waals surface area contributed by atoms with Crippen LogP contribution in [0, 0.1) is 0 Å². The molecule has 8 nitrogen and oxygen atoms in total. The Morgan fingerprint density at radius 2 is 2.07 bits per heavy atom. The summed E-state index contributed by atoms with van der Waals surface area (Å²) in [5, 5.41) is 3.05. The van der Waals surface area contributed by atoms with Gasteiger partial charge in [-0.2, -0.15) is 0 Å². The first-order valence-electron chi connectivity index (χ1n) is 9.14. The minimum atomic E-state index is -0.0791. The summed E-state index contributed by atoms with van der Waals surface area (Å²) in [6.45, 7) is 3.90. The number of aliphatic imine (C=N–C) groups is 1. The van der Waals surface area contributed by atoms with Crippen LogP contribution in [0.15, 0.2) is 40.8 Å². The lowest BCUT2D eigenvalue weighted by Crippen LogP contribution is -2.51. The number of aromatic nitrogens is 1. The zero-order valence-corrected chi connectivity index (χ0v) is 19.8. The number of benzene rings is 1. The van der Waals surface area contributed by atoms with Crippen LogP contribution in [0.5, 0.6) is 5.75 Å². The predicted molar refractivity (Wildman–Crippen MR) is 127 cm³/mol. The Bertz CT molecular complexity index is 807. The topological polar surface area (TPSA) is 87.3 Å². The third-order valence-corrected chi connectivity index (χ3v) is 5.31. The Labute approximate surface area is 192 Å². The molecule has 0 radical (unpaired) electrons. The summed E-state index contributed by atoms with van der Waals surface area (Å²) >= 11 is 1.65. The number of rotatable bonds is 6. The molecule has 0 atom stereocenters. The minimum absolute atomic E-state index is 0. The van der Waals surface area contributed by atoms with Crippen molar-refractivity contribution in [1.29, 1.82) is 0 Å². The molecular formula is C19H27IN6O2S. The van der Waals surface area contributed by atoms with Crippen molar-refractivity contribution >= 4 is 52.3 Å². The van der Waals surface area contributed by atoms with Crippen LogP contribution >= 0.6 is 35.3 Å². The highest BCUT2D eigenvalue weighted by Gasteiger charge is 2.19. The Balaban J connectivity index is 0.00000300. The predicted octanol–water partition coefficient (Wildman–Crippen LogP) is 1.87. The van der Waals surface area contributed by atoms with E-state index in [1.54, 1.807) is 25.4 Å². The molecule has 3 rings (SSSR count). The number of ether oxygens (including phenoxy) is 1. The molecule has 1 fully saturated rings. The number of thiazole rings is 1. The van der Waals surface area contributed by atoms with Gasteiger partial charge in [-0.3, -0.25) is 4.79 Å². The molecule has 0 bridgehead atoms. The maximum absolute atomic E-state index is 11.6. The van der Waals surface area contributed by atoms with Crippen molar-refractivity contribution in [2.45, 2.75) is 6.54 Å². The van der Waals surface area contributed by atoms with Crippen molar-refractivity contribution < 1.29 is 9.53 Å². The molecule has 10 heteroatoms. The standard InChI is InChI=1S/C19H26N6O2S.HI/c1-23(2)17(26)14-27-16-5-3-4-15(12-16)13-22-18(20)24-7-9-25(10-8-24)19-21-6-11-28-19;/h3-6,11-12H,7-10,13-14H2,1-2H3,(H2,20,22);1H. The highest BCUT2D eigenvalue weighted by atomic mass is 127. The molecule has 1 amide bonds. The molecule has 158 valence electrons. The number of nitrogens with two attached hydrogens (primary N) is 1. The molecule has 2 aromatic rings. The van der Waals surface area contributed by atoms with Gasteiger partial charge in [0.25, 0.3) is 5.91 Å². The maximum Gasteiger partial charge on any atom is 0.259 e. The second kappa shape index (κ2) is 11.2. The van der Waals surface area contributed by atoms with Gasteiger partial charge in [0.2, 0.25) is 0 Å². The third-order valence-electron chi connectivity index (χ3n) is 4.48. The van der Waals surface area contributed by atoms with Gasteiger partial charge < -0.3 is 25.2 Å². The van der Waals surface area contributed by atoms with E-state index in [4.69, 9.17) is 10.5 Å². The monoisotopic (exact) mass is 530 g/mol. The van der Waals surface area contributed by atoms with E-state index >= 15 is 0 Å². The highest BCUT2D eigenvalue weighted by Crippen LogP contribution is 2.19. The lowest BCUT2D eigenvalue weighted by molar-refractivity contribution is -0.130. The van der Waals surface area contributed by atoms with Gasteiger partial charge in [0.05, 0.1) is 6.54 Å². The van der Waals surface area contributed by atoms with Crippen molar-refractivity contribution in [3.05, 3.63) is 41.4 Å². The zero-order chi connectivity index (χ0) is 19.9. The molecule has 1 aliphatic heterocycles. The lowest BCUT2D eigenvalue weighted by Gasteiger charge is -2.35. The highest BCUT2D eigenvalue weighted by molar-refractivity contribution is 14.0. The van der Waals surface area contributed by atoms with Crippen molar-refractivity contribution in [3.63, 3.8) is 0 Å². The first-order chi connectivity index (χ1) is 13.5. The molecule has 2 N–H and O–H groups in total. The van der Waals surface area contributed by atoms with Crippen LogP contribution in [0.25, 0.3) is 0 Å². The fourth-order valence-electron chi connectivity index (χ4n) is 2.78. The second-order valence-electron chi connectivity index (χ2n) is 6.69. The van der Waals surface area contributed by atoms with Gasteiger partial charge in [-0.05, 0) is 17.7 Å². The zero-order valence-electron chi connectivity index (χ0n) is 16.7. The minimum Gasteiger partial charge on any atom is -0.484 e. The van der Waals surface area contributed by atoms with Crippen LogP contribution in [-0.2, 0) is 11.3 Å². The smallest absolute Gasteiger partial charge is 0.259 e. The first-order valence-corrected chi connectivity index (χ1v) is 10.0. The molecule has 0 aliphatic carbocycles. The fourth-order valence-corrected chi connectivity index (χ4v) is 3.48. The number of guanidine groups is 1. The molecule has 0 saturated carbocycles.